The molecule has 1 heterocycles. The van der Waals surface area contributed by atoms with Gasteiger partial charge in [0.05, 0.1) is 12.1 Å². The Morgan fingerprint density at radius 3 is 2.85 bits per heavy atom. The highest BCUT2D eigenvalue weighted by Gasteiger charge is 2.14. The fourth-order valence-corrected chi connectivity index (χ4v) is 3.08. The van der Waals surface area contributed by atoms with Gasteiger partial charge >= 0.3 is 0 Å². The fourth-order valence-electron chi connectivity index (χ4n) is 2.35. The number of nitrogens with zero attached hydrogens (tertiary/aromatic N) is 1. The molecule has 2 rings (SSSR count). The summed E-state index contributed by atoms with van der Waals surface area (Å²) in [5.74, 6) is 1.52. The summed E-state index contributed by atoms with van der Waals surface area (Å²) >= 11 is 1.74. The van der Waals surface area contributed by atoms with Gasteiger partial charge < -0.3 is 10.1 Å². The van der Waals surface area contributed by atoms with Crippen LogP contribution in [0.2, 0.25) is 0 Å². The van der Waals surface area contributed by atoms with Crippen LogP contribution in [0, 0.1) is 5.92 Å². The highest BCUT2D eigenvalue weighted by atomic mass is 32.1. The number of ether oxygens (including phenoxy) is 1. The summed E-state index contributed by atoms with van der Waals surface area (Å²) in [6, 6.07) is 8.27. The Kier molecular flexibility index (Phi) is 6.02. The van der Waals surface area contributed by atoms with E-state index < -0.39 is 0 Å². The van der Waals surface area contributed by atoms with E-state index in [0.29, 0.717) is 5.92 Å². The molecule has 0 saturated carbocycles. The maximum atomic E-state index is 5.45. The maximum absolute atomic E-state index is 5.45. The van der Waals surface area contributed by atoms with E-state index in [0.717, 1.165) is 31.7 Å². The average molecular weight is 290 g/mol. The number of thiazole rings is 1. The van der Waals surface area contributed by atoms with Gasteiger partial charge in [0.2, 0.25) is 0 Å². The van der Waals surface area contributed by atoms with Crippen molar-refractivity contribution in [3.63, 3.8) is 0 Å². The third-order valence-electron chi connectivity index (χ3n) is 3.33. The molecule has 0 aliphatic heterocycles. The van der Waals surface area contributed by atoms with E-state index >= 15 is 0 Å². The molecule has 3 nitrogen and oxygen atoms in total. The van der Waals surface area contributed by atoms with Crippen LogP contribution in [0.25, 0.3) is 0 Å². The Morgan fingerprint density at radius 2 is 2.15 bits per heavy atom. The Labute approximate surface area is 125 Å². The van der Waals surface area contributed by atoms with E-state index in [1.807, 2.05) is 23.7 Å². The monoisotopic (exact) mass is 290 g/mol. The minimum atomic E-state index is 0.539. The van der Waals surface area contributed by atoms with Crippen molar-refractivity contribution in [2.45, 2.75) is 19.8 Å². The molecule has 0 aliphatic carbocycles. The van der Waals surface area contributed by atoms with E-state index in [1.54, 1.807) is 18.4 Å². The average Bonchev–Trinajstić information content (AvgIpc) is 2.98. The van der Waals surface area contributed by atoms with Gasteiger partial charge in [-0.2, -0.15) is 0 Å². The van der Waals surface area contributed by atoms with E-state index in [1.165, 1.54) is 10.6 Å². The van der Waals surface area contributed by atoms with Crippen LogP contribution in [-0.2, 0) is 12.8 Å². The number of methoxy groups -OCH3 is 1. The molecule has 0 spiro atoms. The van der Waals surface area contributed by atoms with Gasteiger partial charge in [0.1, 0.15) is 5.75 Å². The standard InChI is InChI=1S/C16H22N2OS/c1-3-17-12-13(11-16-18-8-9-20-16)10-14-6-4-5-7-15(14)19-2/h4-9,13,17H,3,10-12H2,1-2H3. The number of hydrogen-bond acceptors (Lipinski definition) is 4. The van der Waals surface area contributed by atoms with Gasteiger partial charge in [0.15, 0.2) is 0 Å². The summed E-state index contributed by atoms with van der Waals surface area (Å²) < 4.78 is 5.45. The second kappa shape index (κ2) is 8.02. The van der Waals surface area contributed by atoms with Gasteiger partial charge in [0, 0.05) is 18.0 Å². The minimum absolute atomic E-state index is 0.539. The first-order chi connectivity index (χ1) is 9.83. The largest absolute Gasteiger partial charge is 0.496 e. The van der Waals surface area contributed by atoms with E-state index in [4.69, 9.17) is 4.74 Å². The minimum Gasteiger partial charge on any atom is -0.496 e. The van der Waals surface area contributed by atoms with Gasteiger partial charge in [-0.05, 0) is 37.1 Å². The van der Waals surface area contributed by atoms with Crippen molar-refractivity contribution >= 4 is 11.3 Å². The molecule has 0 amide bonds. The molecule has 0 radical (unpaired) electrons. The molecular weight excluding hydrogens is 268 g/mol. The van der Waals surface area contributed by atoms with Gasteiger partial charge in [-0.3, -0.25) is 0 Å². The number of rotatable bonds is 8. The number of benzene rings is 1. The first-order valence-electron chi connectivity index (χ1n) is 7.04. The molecule has 1 aromatic heterocycles. The first kappa shape index (κ1) is 15.0. The molecular formula is C16H22N2OS. The van der Waals surface area contributed by atoms with Crippen molar-refractivity contribution in [3.05, 3.63) is 46.4 Å². The number of nitrogens with one attached hydrogen (secondary N) is 1. The normalized spacial score (nSPS) is 12.3. The van der Waals surface area contributed by atoms with Crippen molar-refractivity contribution < 1.29 is 4.74 Å². The van der Waals surface area contributed by atoms with Crippen LogP contribution in [0.4, 0.5) is 0 Å². The van der Waals surface area contributed by atoms with Crippen LogP contribution < -0.4 is 10.1 Å². The molecule has 4 heteroatoms. The Morgan fingerprint density at radius 1 is 1.30 bits per heavy atom. The van der Waals surface area contributed by atoms with Crippen LogP contribution in [-0.4, -0.2) is 25.2 Å². The third-order valence-corrected chi connectivity index (χ3v) is 4.13. The fraction of sp³-hybridized carbons (Fsp3) is 0.438. The lowest BCUT2D eigenvalue weighted by atomic mass is 9.95. The van der Waals surface area contributed by atoms with Crippen molar-refractivity contribution in [3.8, 4) is 5.75 Å². The highest BCUT2D eigenvalue weighted by molar-refractivity contribution is 7.09. The molecule has 1 unspecified atom stereocenters. The lowest BCUT2D eigenvalue weighted by Gasteiger charge is -2.18. The molecule has 0 saturated heterocycles. The lowest BCUT2D eigenvalue weighted by Crippen LogP contribution is -2.25. The van der Waals surface area contributed by atoms with Crippen molar-refractivity contribution in [1.82, 2.24) is 10.3 Å². The molecule has 0 aliphatic rings. The van der Waals surface area contributed by atoms with Gasteiger partial charge in [-0.1, -0.05) is 25.1 Å². The van der Waals surface area contributed by atoms with E-state index in [2.05, 4.69) is 29.4 Å². The topological polar surface area (TPSA) is 34.2 Å². The van der Waals surface area contributed by atoms with Crippen molar-refractivity contribution in [2.24, 2.45) is 5.92 Å². The van der Waals surface area contributed by atoms with Crippen molar-refractivity contribution in [1.29, 1.82) is 0 Å². The summed E-state index contributed by atoms with van der Waals surface area (Å²) in [6.07, 6.45) is 3.91. The first-order valence-corrected chi connectivity index (χ1v) is 7.92. The Balaban J connectivity index is 2.06. The lowest BCUT2D eigenvalue weighted by molar-refractivity contribution is 0.400. The molecule has 20 heavy (non-hydrogen) atoms. The second-order valence-electron chi connectivity index (χ2n) is 4.82. The summed E-state index contributed by atoms with van der Waals surface area (Å²) in [6.45, 7) is 4.15. The molecule has 1 aromatic carbocycles. The Bertz CT molecular complexity index is 499. The highest BCUT2D eigenvalue weighted by Crippen LogP contribution is 2.23. The number of para-hydroxylation sites is 1. The molecule has 1 atom stereocenters. The van der Waals surface area contributed by atoms with E-state index in [9.17, 15) is 0 Å². The van der Waals surface area contributed by atoms with E-state index in [-0.39, 0.29) is 0 Å². The summed E-state index contributed by atoms with van der Waals surface area (Å²) in [5.41, 5.74) is 1.27. The molecule has 0 bridgehead atoms. The summed E-state index contributed by atoms with van der Waals surface area (Å²) in [7, 11) is 1.74. The molecule has 0 fully saturated rings. The quantitative estimate of drug-likeness (QED) is 0.811. The predicted octanol–water partition coefficient (Wildman–Crippen LogP) is 3.16. The number of aromatic nitrogens is 1. The molecule has 108 valence electrons. The zero-order valence-electron chi connectivity index (χ0n) is 12.1. The molecule has 2 aromatic rings. The predicted molar refractivity (Wildman–Crippen MR) is 84.5 cm³/mol. The van der Waals surface area contributed by atoms with Crippen LogP contribution in [0.5, 0.6) is 5.75 Å². The van der Waals surface area contributed by atoms with Crippen LogP contribution >= 0.6 is 11.3 Å². The maximum Gasteiger partial charge on any atom is 0.122 e. The Hall–Kier alpha value is -1.39. The summed E-state index contributed by atoms with van der Waals surface area (Å²) in [5, 5.41) is 6.71. The second-order valence-corrected chi connectivity index (χ2v) is 5.80. The zero-order valence-corrected chi connectivity index (χ0v) is 13.0. The van der Waals surface area contributed by atoms with Gasteiger partial charge in [0.25, 0.3) is 0 Å². The number of hydrogen-bond donors (Lipinski definition) is 1. The van der Waals surface area contributed by atoms with Crippen molar-refractivity contribution in [2.75, 3.05) is 20.2 Å². The van der Waals surface area contributed by atoms with Crippen LogP contribution in [0.15, 0.2) is 35.8 Å². The third kappa shape index (κ3) is 4.32. The SMILES string of the molecule is CCNCC(Cc1nccs1)Cc1ccccc1OC. The zero-order chi connectivity index (χ0) is 14.2. The van der Waals surface area contributed by atoms with Crippen LogP contribution in [0.3, 0.4) is 0 Å². The van der Waals surface area contributed by atoms with Crippen LogP contribution in [0.1, 0.15) is 17.5 Å². The van der Waals surface area contributed by atoms with Gasteiger partial charge in [-0.15, -0.1) is 11.3 Å². The van der Waals surface area contributed by atoms with Gasteiger partial charge in [-0.25, -0.2) is 4.98 Å². The molecule has 1 N–H and O–H groups in total. The smallest absolute Gasteiger partial charge is 0.122 e. The summed E-state index contributed by atoms with van der Waals surface area (Å²) in [4.78, 5) is 4.41.